The number of nitrogens with zero attached hydrogens (tertiary/aromatic N) is 1. The highest BCUT2D eigenvalue weighted by Crippen LogP contribution is 2.27. The van der Waals surface area contributed by atoms with Crippen molar-refractivity contribution in [1.82, 2.24) is 10.2 Å². The highest BCUT2D eigenvalue weighted by Gasteiger charge is 2.31. The molecule has 1 heterocycles. The van der Waals surface area contributed by atoms with Crippen molar-refractivity contribution in [3.63, 3.8) is 0 Å². The van der Waals surface area contributed by atoms with Gasteiger partial charge in [0.1, 0.15) is 6.04 Å². The van der Waals surface area contributed by atoms with Crippen molar-refractivity contribution in [1.29, 1.82) is 0 Å². The van der Waals surface area contributed by atoms with Gasteiger partial charge < -0.3 is 20.1 Å². The Morgan fingerprint density at radius 1 is 0.967 bits per heavy atom. The van der Waals surface area contributed by atoms with Crippen LogP contribution in [0, 0.1) is 0 Å². The first kappa shape index (κ1) is 19.9. The van der Waals surface area contributed by atoms with Gasteiger partial charge in [0.25, 0.3) is 5.91 Å². The lowest BCUT2D eigenvalue weighted by Gasteiger charge is -2.30. The number of aliphatic hydroxyl groups excluding tert-OH is 1. The monoisotopic (exact) mass is 408 g/mol. The molecule has 0 saturated carbocycles. The van der Waals surface area contributed by atoms with Gasteiger partial charge in [0.05, 0.1) is 19.8 Å². The molecule has 1 atom stereocenters. The summed E-state index contributed by atoms with van der Waals surface area (Å²) in [5.41, 5.74) is 1.14. The van der Waals surface area contributed by atoms with Gasteiger partial charge in [-0.2, -0.15) is 0 Å². The number of hydrogen-bond donors (Lipinski definition) is 2. The van der Waals surface area contributed by atoms with E-state index in [9.17, 15) is 24.3 Å². The minimum atomic E-state index is -1.11. The average molecular weight is 408 g/mol. The molecule has 154 valence electrons. The Hall–Kier alpha value is -3.36. The van der Waals surface area contributed by atoms with Crippen LogP contribution in [-0.4, -0.2) is 72.3 Å². The molecule has 8 nitrogen and oxygen atoms in total. The van der Waals surface area contributed by atoms with Crippen molar-refractivity contribution in [2.24, 2.45) is 0 Å². The van der Waals surface area contributed by atoms with Crippen LogP contribution in [0.2, 0.25) is 0 Å². The average Bonchev–Trinajstić information content (AvgIpc) is 2.80. The first-order valence-corrected chi connectivity index (χ1v) is 9.62. The quantitative estimate of drug-likeness (QED) is 0.647. The fourth-order valence-corrected chi connectivity index (χ4v) is 3.67. The third-order valence-corrected chi connectivity index (χ3v) is 5.30. The number of carbonyl (C=O) groups is 4. The molecule has 0 radical (unpaired) electrons. The lowest BCUT2D eigenvalue weighted by atomic mass is 9.83. The van der Waals surface area contributed by atoms with Gasteiger partial charge in [0.15, 0.2) is 11.6 Å². The molecule has 1 saturated heterocycles. The summed E-state index contributed by atoms with van der Waals surface area (Å²) in [7, 11) is 0. The molecule has 2 aliphatic rings. The predicted molar refractivity (Wildman–Crippen MR) is 105 cm³/mol. The van der Waals surface area contributed by atoms with E-state index >= 15 is 0 Å². The number of amides is 2. The number of nitrogens with one attached hydrogen (secondary N) is 1. The maximum absolute atomic E-state index is 12.8. The molecular weight excluding hydrogens is 388 g/mol. The van der Waals surface area contributed by atoms with E-state index < -0.39 is 24.5 Å². The molecule has 2 aromatic rings. The van der Waals surface area contributed by atoms with E-state index in [1.165, 1.54) is 23.1 Å². The summed E-state index contributed by atoms with van der Waals surface area (Å²) < 4.78 is 5.21. The van der Waals surface area contributed by atoms with Gasteiger partial charge in [-0.05, 0) is 18.2 Å². The zero-order chi connectivity index (χ0) is 21.3. The van der Waals surface area contributed by atoms with Crippen LogP contribution >= 0.6 is 0 Å². The standard InChI is InChI=1S/C22H20N2O6/c25-12-18(22(29)24-7-9-30-10-8-24)23-21(28)13-5-6-16-17(11-13)20(27)15-4-2-1-3-14(15)19(16)26/h1-6,11,18,25H,7-10,12H2,(H,23,28)/t18-/m0/s1. The molecule has 4 rings (SSSR count). The van der Waals surface area contributed by atoms with E-state index in [1.807, 2.05) is 0 Å². The van der Waals surface area contributed by atoms with Crippen LogP contribution in [0.25, 0.3) is 0 Å². The number of rotatable bonds is 4. The van der Waals surface area contributed by atoms with Crippen LogP contribution in [0.1, 0.15) is 42.2 Å². The topological polar surface area (TPSA) is 113 Å². The van der Waals surface area contributed by atoms with Gasteiger partial charge in [0.2, 0.25) is 5.91 Å². The number of morpholine rings is 1. The van der Waals surface area contributed by atoms with Crippen LogP contribution in [-0.2, 0) is 9.53 Å². The van der Waals surface area contributed by atoms with E-state index in [1.54, 1.807) is 24.3 Å². The van der Waals surface area contributed by atoms with E-state index in [4.69, 9.17) is 4.74 Å². The van der Waals surface area contributed by atoms with Crippen molar-refractivity contribution >= 4 is 23.4 Å². The molecule has 8 heteroatoms. The number of fused-ring (bicyclic) bond motifs is 2. The number of hydrogen-bond acceptors (Lipinski definition) is 6. The largest absolute Gasteiger partial charge is 0.394 e. The molecular formula is C22H20N2O6. The number of aliphatic hydroxyl groups is 1. The number of ketones is 2. The summed E-state index contributed by atoms with van der Waals surface area (Å²) in [4.78, 5) is 52.3. The zero-order valence-corrected chi connectivity index (χ0v) is 16.1. The Morgan fingerprint density at radius 2 is 1.57 bits per heavy atom. The second kappa shape index (κ2) is 8.17. The summed E-state index contributed by atoms with van der Waals surface area (Å²) in [6.45, 7) is 1.03. The third kappa shape index (κ3) is 3.51. The van der Waals surface area contributed by atoms with Crippen LogP contribution in [0.3, 0.4) is 0 Å². The van der Waals surface area contributed by atoms with Gasteiger partial charge in [-0.1, -0.05) is 24.3 Å². The van der Waals surface area contributed by atoms with Crippen molar-refractivity contribution in [2.45, 2.75) is 6.04 Å². The molecule has 30 heavy (non-hydrogen) atoms. The van der Waals surface area contributed by atoms with Crippen LogP contribution in [0.15, 0.2) is 42.5 Å². The van der Waals surface area contributed by atoms with E-state index in [-0.39, 0.29) is 28.3 Å². The highest BCUT2D eigenvalue weighted by atomic mass is 16.5. The maximum Gasteiger partial charge on any atom is 0.252 e. The summed E-state index contributed by atoms with van der Waals surface area (Å²) in [6, 6.07) is 9.67. The molecule has 1 fully saturated rings. The third-order valence-electron chi connectivity index (χ3n) is 5.30. The summed E-state index contributed by atoms with van der Waals surface area (Å²) in [5, 5.41) is 12.1. The highest BCUT2D eigenvalue weighted by molar-refractivity contribution is 6.28. The summed E-state index contributed by atoms with van der Waals surface area (Å²) >= 11 is 0. The van der Waals surface area contributed by atoms with Gasteiger partial charge in [-0.25, -0.2) is 0 Å². The minimum absolute atomic E-state index is 0.127. The fraction of sp³-hybridized carbons (Fsp3) is 0.273. The Bertz CT molecular complexity index is 1040. The molecule has 0 unspecified atom stereocenters. The molecule has 1 aliphatic carbocycles. The molecule has 0 aromatic heterocycles. The molecule has 0 bridgehead atoms. The van der Waals surface area contributed by atoms with Crippen molar-refractivity contribution in [2.75, 3.05) is 32.9 Å². The molecule has 1 aliphatic heterocycles. The lowest BCUT2D eigenvalue weighted by molar-refractivity contribution is -0.138. The summed E-state index contributed by atoms with van der Waals surface area (Å²) in [6.07, 6.45) is 0. The summed E-state index contributed by atoms with van der Waals surface area (Å²) in [5.74, 6) is -1.62. The van der Waals surface area contributed by atoms with Crippen LogP contribution in [0.4, 0.5) is 0 Å². The Morgan fingerprint density at radius 3 is 2.20 bits per heavy atom. The molecule has 2 amide bonds. The smallest absolute Gasteiger partial charge is 0.252 e. The van der Waals surface area contributed by atoms with E-state index in [0.29, 0.717) is 37.4 Å². The second-order valence-electron chi connectivity index (χ2n) is 7.11. The molecule has 2 N–H and O–H groups in total. The first-order valence-electron chi connectivity index (χ1n) is 9.62. The number of carbonyl (C=O) groups excluding carboxylic acids is 4. The predicted octanol–water partition coefficient (Wildman–Crippen LogP) is 0.412. The van der Waals surface area contributed by atoms with E-state index in [0.717, 1.165) is 0 Å². The fourth-order valence-electron chi connectivity index (χ4n) is 3.67. The van der Waals surface area contributed by atoms with Crippen molar-refractivity contribution in [3.05, 3.63) is 70.3 Å². The van der Waals surface area contributed by atoms with Gasteiger partial charge in [-0.3, -0.25) is 19.2 Å². The van der Waals surface area contributed by atoms with Gasteiger partial charge >= 0.3 is 0 Å². The van der Waals surface area contributed by atoms with Crippen molar-refractivity contribution in [3.8, 4) is 0 Å². The van der Waals surface area contributed by atoms with E-state index in [2.05, 4.69) is 5.32 Å². The molecule has 0 spiro atoms. The maximum atomic E-state index is 12.8. The normalized spacial score (nSPS) is 16.5. The lowest BCUT2D eigenvalue weighted by Crippen LogP contribution is -2.53. The second-order valence-corrected chi connectivity index (χ2v) is 7.11. The Labute approximate surface area is 172 Å². The Kier molecular flexibility index (Phi) is 5.43. The zero-order valence-electron chi connectivity index (χ0n) is 16.1. The van der Waals surface area contributed by atoms with Crippen LogP contribution in [0.5, 0.6) is 0 Å². The number of ether oxygens (including phenoxy) is 1. The van der Waals surface area contributed by atoms with Gasteiger partial charge in [-0.15, -0.1) is 0 Å². The van der Waals surface area contributed by atoms with Gasteiger partial charge in [0, 0.05) is 40.9 Å². The molecule has 2 aromatic carbocycles. The van der Waals surface area contributed by atoms with Crippen LogP contribution < -0.4 is 5.32 Å². The first-order chi connectivity index (χ1) is 14.5. The van der Waals surface area contributed by atoms with Crippen molar-refractivity contribution < 1.29 is 29.0 Å². The number of benzene rings is 2. The minimum Gasteiger partial charge on any atom is -0.394 e. The Balaban J connectivity index is 1.56. The SMILES string of the molecule is O=C(N[C@@H](CO)C(=O)N1CCOCC1)c1ccc2c(c1)C(=O)c1ccccc1C2=O.